The molecular formula is C28H38O2. The molecule has 0 amide bonds. The summed E-state index contributed by atoms with van der Waals surface area (Å²) >= 11 is 0. The topological polar surface area (TPSA) is 40.5 Å². The largest absolute Gasteiger partial charge is 0.392 e. The van der Waals surface area contributed by atoms with E-state index < -0.39 is 12.2 Å². The third-order valence-corrected chi connectivity index (χ3v) is 7.88. The lowest BCUT2D eigenvalue weighted by Gasteiger charge is -2.51. The Morgan fingerprint density at radius 3 is 1.27 bits per heavy atom. The molecule has 4 unspecified atom stereocenters. The van der Waals surface area contributed by atoms with Crippen molar-refractivity contribution < 1.29 is 10.2 Å². The average molecular weight is 407 g/mol. The summed E-state index contributed by atoms with van der Waals surface area (Å²) in [6.45, 7) is 13.4. The van der Waals surface area contributed by atoms with E-state index in [0.717, 1.165) is 12.8 Å². The molecule has 30 heavy (non-hydrogen) atoms. The molecule has 2 aliphatic carbocycles. The van der Waals surface area contributed by atoms with Crippen LogP contribution in [0.1, 0.15) is 75.6 Å². The first-order valence-electron chi connectivity index (χ1n) is 11.5. The molecule has 0 spiro atoms. The van der Waals surface area contributed by atoms with Gasteiger partial charge in [0.2, 0.25) is 0 Å². The minimum atomic E-state index is -0.480. The molecule has 2 N–H and O–H groups in total. The van der Waals surface area contributed by atoms with Gasteiger partial charge in [-0.15, -0.1) is 0 Å². The smallest absolute Gasteiger partial charge is 0.0652 e. The normalized spacial score (nSPS) is 31.7. The fraction of sp³-hybridized carbons (Fsp3) is 0.571. The van der Waals surface area contributed by atoms with E-state index >= 15 is 0 Å². The highest BCUT2D eigenvalue weighted by atomic mass is 16.3. The SMILES string of the molecule is CC(C)(C)C1Cc2ccccc2C([C@@H]2c3ccccc3CC(C(C)(C)C)[C@@H]2O)C1O. The van der Waals surface area contributed by atoms with E-state index in [0.29, 0.717) is 0 Å². The number of aliphatic hydroxyl groups excluding tert-OH is 2. The maximum absolute atomic E-state index is 11.8. The van der Waals surface area contributed by atoms with E-state index in [4.69, 9.17) is 0 Å². The molecular weight excluding hydrogens is 368 g/mol. The first kappa shape index (κ1) is 21.6. The van der Waals surface area contributed by atoms with Crippen molar-refractivity contribution in [3.8, 4) is 0 Å². The van der Waals surface area contributed by atoms with Gasteiger partial charge in [0.15, 0.2) is 0 Å². The second kappa shape index (κ2) is 7.50. The summed E-state index contributed by atoms with van der Waals surface area (Å²) in [4.78, 5) is 0. The molecule has 162 valence electrons. The van der Waals surface area contributed by atoms with Crippen molar-refractivity contribution in [3.63, 3.8) is 0 Å². The summed E-state index contributed by atoms with van der Waals surface area (Å²) in [5.41, 5.74) is 5.09. The molecule has 0 bridgehead atoms. The Morgan fingerprint density at radius 1 is 0.600 bits per heavy atom. The van der Waals surface area contributed by atoms with Crippen molar-refractivity contribution in [1.82, 2.24) is 0 Å². The first-order chi connectivity index (χ1) is 14.0. The van der Waals surface area contributed by atoms with Gasteiger partial charge in [-0.2, -0.15) is 0 Å². The second-order valence-corrected chi connectivity index (χ2v) is 11.8. The lowest BCUT2D eigenvalue weighted by atomic mass is 9.56. The number of rotatable bonds is 1. The van der Waals surface area contributed by atoms with Gasteiger partial charge in [0.05, 0.1) is 12.2 Å². The summed E-state index contributed by atoms with van der Waals surface area (Å²) in [7, 11) is 0. The zero-order valence-corrected chi connectivity index (χ0v) is 19.4. The van der Waals surface area contributed by atoms with Crippen molar-refractivity contribution in [2.24, 2.45) is 22.7 Å². The molecule has 0 heterocycles. The van der Waals surface area contributed by atoms with Crippen LogP contribution in [0, 0.1) is 22.7 Å². The minimum absolute atomic E-state index is 0.00619. The third kappa shape index (κ3) is 3.63. The van der Waals surface area contributed by atoms with E-state index in [2.05, 4.69) is 90.1 Å². The summed E-state index contributed by atoms with van der Waals surface area (Å²) in [5.74, 6) is 0.125. The molecule has 0 saturated heterocycles. The van der Waals surface area contributed by atoms with Crippen molar-refractivity contribution in [2.75, 3.05) is 0 Å². The Bertz CT molecular complexity index is 826. The molecule has 0 radical (unpaired) electrons. The van der Waals surface area contributed by atoms with Crippen LogP contribution < -0.4 is 0 Å². The van der Waals surface area contributed by atoms with E-state index in [-0.39, 0.29) is 34.5 Å². The zero-order valence-electron chi connectivity index (χ0n) is 19.4. The Hall–Kier alpha value is -1.64. The second-order valence-electron chi connectivity index (χ2n) is 11.8. The molecule has 0 saturated carbocycles. The van der Waals surface area contributed by atoms with Crippen LogP contribution in [0.4, 0.5) is 0 Å². The maximum Gasteiger partial charge on any atom is 0.0652 e. The summed E-state index contributed by atoms with van der Waals surface area (Å²) < 4.78 is 0. The highest BCUT2D eigenvalue weighted by Gasteiger charge is 2.50. The number of fused-ring (bicyclic) bond motifs is 2. The fourth-order valence-electron chi connectivity index (χ4n) is 6.12. The Balaban J connectivity index is 1.90. The highest BCUT2D eigenvalue weighted by molar-refractivity contribution is 5.43. The number of hydrogen-bond donors (Lipinski definition) is 2. The van der Waals surface area contributed by atoms with Crippen molar-refractivity contribution in [2.45, 2.75) is 78.4 Å². The molecule has 0 aliphatic heterocycles. The van der Waals surface area contributed by atoms with E-state index in [1.165, 1.54) is 22.3 Å². The monoisotopic (exact) mass is 406 g/mol. The van der Waals surface area contributed by atoms with Crippen molar-refractivity contribution in [1.29, 1.82) is 0 Å². The Labute approximate surface area is 182 Å². The predicted octanol–water partition coefficient (Wildman–Crippen LogP) is 5.71. The summed E-state index contributed by atoms with van der Waals surface area (Å²) in [6, 6.07) is 17.2. The fourth-order valence-corrected chi connectivity index (χ4v) is 6.12. The van der Waals surface area contributed by atoms with Crippen LogP contribution in [0.5, 0.6) is 0 Å². The van der Waals surface area contributed by atoms with Gasteiger partial charge in [-0.3, -0.25) is 0 Å². The van der Waals surface area contributed by atoms with Crippen LogP contribution in [0.3, 0.4) is 0 Å². The van der Waals surface area contributed by atoms with Crippen LogP contribution in [-0.4, -0.2) is 22.4 Å². The van der Waals surface area contributed by atoms with Crippen molar-refractivity contribution in [3.05, 3.63) is 70.8 Å². The zero-order chi connectivity index (χ0) is 21.8. The van der Waals surface area contributed by atoms with Crippen LogP contribution in [-0.2, 0) is 12.8 Å². The van der Waals surface area contributed by atoms with Crippen LogP contribution in [0.2, 0.25) is 0 Å². The molecule has 0 aromatic heterocycles. The van der Waals surface area contributed by atoms with Gasteiger partial charge < -0.3 is 10.2 Å². The van der Waals surface area contributed by atoms with E-state index in [1.54, 1.807) is 0 Å². The molecule has 2 aromatic carbocycles. The Kier molecular flexibility index (Phi) is 5.39. The van der Waals surface area contributed by atoms with Gasteiger partial charge in [0, 0.05) is 11.8 Å². The summed E-state index contributed by atoms with van der Waals surface area (Å²) in [6.07, 6.45) is 0.826. The van der Waals surface area contributed by atoms with E-state index in [1.807, 2.05) is 0 Å². The van der Waals surface area contributed by atoms with Gasteiger partial charge in [0.25, 0.3) is 0 Å². The van der Waals surface area contributed by atoms with E-state index in [9.17, 15) is 10.2 Å². The lowest BCUT2D eigenvalue weighted by Crippen LogP contribution is -2.49. The molecule has 2 nitrogen and oxygen atoms in total. The first-order valence-corrected chi connectivity index (χ1v) is 11.5. The molecule has 2 aromatic rings. The van der Waals surface area contributed by atoms with Crippen LogP contribution in [0.15, 0.2) is 48.5 Å². The predicted molar refractivity (Wildman–Crippen MR) is 124 cm³/mol. The number of aliphatic hydroxyl groups is 2. The summed E-state index contributed by atoms with van der Waals surface area (Å²) in [5, 5.41) is 23.6. The molecule has 4 rings (SSSR count). The van der Waals surface area contributed by atoms with Gasteiger partial charge in [-0.1, -0.05) is 90.1 Å². The van der Waals surface area contributed by atoms with Crippen LogP contribution in [0.25, 0.3) is 0 Å². The Morgan fingerprint density at radius 2 is 0.933 bits per heavy atom. The van der Waals surface area contributed by atoms with Gasteiger partial charge in [-0.25, -0.2) is 0 Å². The standard InChI is InChI=1S/C28H38O2/c1-27(2,3)21-15-17-11-7-9-13-19(17)23(25(21)29)24-20-14-10-8-12-18(20)16-22(26(24)30)28(4,5)6/h7-14,21-26,29-30H,15-16H2,1-6H3/t21?,22?,23-,24?,25-,26?/m0/s1. The maximum atomic E-state index is 11.8. The molecule has 2 heteroatoms. The number of benzene rings is 2. The number of hydrogen-bond acceptors (Lipinski definition) is 2. The van der Waals surface area contributed by atoms with Crippen LogP contribution >= 0.6 is 0 Å². The quantitative estimate of drug-likeness (QED) is 0.636. The van der Waals surface area contributed by atoms with Crippen molar-refractivity contribution >= 4 is 0 Å². The molecule has 0 fully saturated rings. The molecule has 6 atom stereocenters. The van der Waals surface area contributed by atoms with Gasteiger partial charge >= 0.3 is 0 Å². The third-order valence-electron chi connectivity index (χ3n) is 7.88. The minimum Gasteiger partial charge on any atom is -0.392 e. The average Bonchev–Trinajstić information content (AvgIpc) is 2.66. The molecule has 2 aliphatic rings. The van der Waals surface area contributed by atoms with Gasteiger partial charge in [0.1, 0.15) is 0 Å². The highest BCUT2D eigenvalue weighted by Crippen LogP contribution is 2.54. The van der Waals surface area contributed by atoms with Gasteiger partial charge in [-0.05, 0) is 57.8 Å². The lowest BCUT2D eigenvalue weighted by molar-refractivity contribution is -0.0394.